The van der Waals surface area contributed by atoms with E-state index in [0.717, 1.165) is 29.0 Å². The van der Waals surface area contributed by atoms with Gasteiger partial charge in [0.2, 0.25) is 5.95 Å². The third-order valence-electron chi connectivity index (χ3n) is 4.38. The van der Waals surface area contributed by atoms with Crippen molar-refractivity contribution < 1.29 is 22.7 Å². The quantitative estimate of drug-likeness (QED) is 0.659. The summed E-state index contributed by atoms with van der Waals surface area (Å²) in [6, 6.07) is 6.30. The van der Waals surface area contributed by atoms with Gasteiger partial charge < -0.3 is 15.4 Å². The molecule has 156 valence electrons. The molecule has 1 saturated heterocycles. The van der Waals surface area contributed by atoms with Crippen LogP contribution >= 0.6 is 0 Å². The fourth-order valence-electron chi connectivity index (χ4n) is 3.08. The Morgan fingerprint density at radius 3 is 2.87 bits per heavy atom. The van der Waals surface area contributed by atoms with Crippen molar-refractivity contribution in [2.45, 2.75) is 25.7 Å². The van der Waals surface area contributed by atoms with Crippen molar-refractivity contribution in [3.05, 3.63) is 54.1 Å². The first-order valence-corrected chi connectivity index (χ1v) is 9.02. The monoisotopic (exact) mass is 418 g/mol. The Bertz CT molecular complexity index is 1080. The van der Waals surface area contributed by atoms with Gasteiger partial charge in [-0.2, -0.15) is 18.3 Å². The Morgan fingerprint density at radius 1 is 1.30 bits per heavy atom. The number of anilines is 2. The molecular weight excluding hydrogens is 401 g/mol. The topological polar surface area (TPSA) is 94.0 Å². The van der Waals surface area contributed by atoms with Crippen LogP contribution in [-0.4, -0.2) is 38.5 Å². The zero-order valence-corrected chi connectivity index (χ0v) is 15.8. The van der Waals surface area contributed by atoms with Crippen LogP contribution in [0.5, 0.6) is 0 Å². The Kier molecular flexibility index (Phi) is 5.02. The molecule has 1 atom stereocenters. The Morgan fingerprint density at radius 2 is 2.13 bits per heavy atom. The molecule has 1 unspecified atom stereocenters. The second kappa shape index (κ2) is 7.65. The summed E-state index contributed by atoms with van der Waals surface area (Å²) in [5.41, 5.74) is 2.05. The SMILES string of the molecule is Cc1cc(Nc2nccc(C(F)(F)F)n2)cc(-c2cnn(CC3CNC(=O)O3)c2)c1. The number of carbonyl (C=O) groups excluding carboxylic acids is 1. The van der Waals surface area contributed by atoms with Gasteiger partial charge in [-0.15, -0.1) is 0 Å². The van der Waals surface area contributed by atoms with Gasteiger partial charge in [-0.25, -0.2) is 14.8 Å². The molecule has 3 aromatic rings. The maximum Gasteiger partial charge on any atom is 0.433 e. The Labute approximate surface area is 169 Å². The number of alkyl halides is 3. The van der Waals surface area contributed by atoms with E-state index < -0.39 is 18.0 Å². The molecule has 0 bridgehead atoms. The average molecular weight is 418 g/mol. The lowest BCUT2D eigenvalue weighted by molar-refractivity contribution is -0.141. The molecule has 11 heteroatoms. The van der Waals surface area contributed by atoms with Crippen LogP contribution in [0.1, 0.15) is 11.3 Å². The standard InChI is InChI=1S/C19H17F3N6O2/c1-11-4-12(13-7-25-28(9-13)10-15-8-24-18(29)30-15)6-14(5-11)26-17-23-3-2-16(27-17)19(20,21)22/h2-7,9,15H,8,10H2,1H3,(H,24,29)(H,23,26,27). The first-order chi connectivity index (χ1) is 14.3. The van der Waals surface area contributed by atoms with Gasteiger partial charge in [0.15, 0.2) is 0 Å². The zero-order valence-electron chi connectivity index (χ0n) is 15.8. The number of carbonyl (C=O) groups is 1. The van der Waals surface area contributed by atoms with Gasteiger partial charge in [0.1, 0.15) is 11.8 Å². The number of hydrogen-bond donors (Lipinski definition) is 2. The summed E-state index contributed by atoms with van der Waals surface area (Å²) in [4.78, 5) is 18.5. The molecule has 8 nitrogen and oxygen atoms in total. The van der Waals surface area contributed by atoms with Crippen molar-refractivity contribution in [3.8, 4) is 11.1 Å². The molecule has 2 aromatic heterocycles. The Hall–Kier alpha value is -3.63. The van der Waals surface area contributed by atoms with Crippen LogP contribution < -0.4 is 10.6 Å². The highest BCUT2D eigenvalue weighted by atomic mass is 19.4. The number of rotatable bonds is 5. The number of nitrogens with zero attached hydrogens (tertiary/aromatic N) is 4. The van der Waals surface area contributed by atoms with Crippen molar-refractivity contribution >= 4 is 17.7 Å². The van der Waals surface area contributed by atoms with E-state index in [9.17, 15) is 18.0 Å². The van der Waals surface area contributed by atoms with Crippen molar-refractivity contribution in [2.75, 3.05) is 11.9 Å². The molecule has 2 N–H and O–H groups in total. The minimum Gasteiger partial charge on any atom is -0.442 e. The lowest BCUT2D eigenvalue weighted by atomic mass is 10.1. The minimum atomic E-state index is -4.55. The number of amides is 1. The summed E-state index contributed by atoms with van der Waals surface area (Å²) in [6.45, 7) is 2.70. The number of nitrogens with one attached hydrogen (secondary N) is 2. The number of cyclic esters (lactones) is 1. The highest BCUT2D eigenvalue weighted by molar-refractivity contribution is 5.70. The molecule has 30 heavy (non-hydrogen) atoms. The van der Waals surface area contributed by atoms with Gasteiger partial charge in [0.25, 0.3) is 0 Å². The van der Waals surface area contributed by atoms with E-state index in [2.05, 4.69) is 25.7 Å². The third kappa shape index (κ3) is 4.50. The van der Waals surface area contributed by atoms with Crippen molar-refractivity contribution in [3.63, 3.8) is 0 Å². The van der Waals surface area contributed by atoms with Crippen LogP contribution in [0.15, 0.2) is 42.9 Å². The van der Waals surface area contributed by atoms with Gasteiger partial charge in [-0.1, -0.05) is 6.07 Å². The maximum absolute atomic E-state index is 12.9. The number of halogens is 3. The predicted molar refractivity (Wildman–Crippen MR) is 101 cm³/mol. The lowest BCUT2D eigenvalue weighted by Gasteiger charge is -2.10. The van der Waals surface area contributed by atoms with Crippen LogP contribution in [0.2, 0.25) is 0 Å². The molecule has 3 heterocycles. The van der Waals surface area contributed by atoms with E-state index in [1.54, 1.807) is 23.0 Å². The summed E-state index contributed by atoms with van der Waals surface area (Å²) < 4.78 is 45.4. The van der Waals surface area contributed by atoms with Crippen molar-refractivity contribution in [1.82, 2.24) is 25.1 Å². The molecule has 0 saturated carbocycles. The summed E-state index contributed by atoms with van der Waals surface area (Å²) in [6.07, 6.45) is -0.746. The van der Waals surface area contributed by atoms with Crippen molar-refractivity contribution in [2.24, 2.45) is 0 Å². The van der Waals surface area contributed by atoms with E-state index in [0.29, 0.717) is 18.8 Å². The van der Waals surface area contributed by atoms with E-state index in [1.165, 1.54) is 0 Å². The second-order valence-electron chi connectivity index (χ2n) is 6.84. The lowest BCUT2D eigenvalue weighted by Crippen LogP contribution is -2.20. The molecule has 1 fully saturated rings. The van der Waals surface area contributed by atoms with E-state index in [-0.39, 0.29) is 12.1 Å². The highest BCUT2D eigenvalue weighted by Gasteiger charge is 2.32. The summed E-state index contributed by atoms with van der Waals surface area (Å²) in [5.74, 6) is -0.146. The van der Waals surface area contributed by atoms with Gasteiger partial charge in [0.05, 0.1) is 19.3 Å². The molecule has 1 amide bonds. The average Bonchev–Trinajstić information content (AvgIpc) is 3.30. The molecule has 4 rings (SSSR count). The Balaban J connectivity index is 1.53. The van der Waals surface area contributed by atoms with Crippen LogP contribution in [-0.2, 0) is 17.5 Å². The summed E-state index contributed by atoms with van der Waals surface area (Å²) >= 11 is 0. The molecule has 1 aromatic carbocycles. The van der Waals surface area contributed by atoms with Crippen molar-refractivity contribution in [1.29, 1.82) is 0 Å². The number of benzene rings is 1. The van der Waals surface area contributed by atoms with Crippen LogP contribution in [0.25, 0.3) is 11.1 Å². The normalized spacial score (nSPS) is 16.3. The fourth-order valence-corrected chi connectivity index (χ4v) is 3.08. The highest BCUT2D eigenvalue weighted by Crippen LogP contribution is 2.29. The second-order valence-corrected chi connectivity index (χ2v) is 6.84. The summed E-state index contributed by atoms with van der Waals surface area (Å²) in [7, 11) is 0. The fraction of sp³-hybridized carbons (Fsp3) is 0.263. The predicted octanol–water partition coefficient (Wildman–Crippen LogP) is 3.52. The van der Waals surface area contributed by atoms with Crippen LogP contribution in [0.3, 0.4) is 0 Å². The zero-order chi connectivity index (χ0) is 21.3. The van der Waals surface area contributed by atoms with Gasteiger partial charge >= 0.3 is 12.3 Å². The van der Waals surface area contributed by atoms with Crippen LogP contribution in [0.4, 0.5) is 29.6 Å². The molecule has 1 aliphatic rings. The molecule has 0 spiro atoms. The van der Waals surface area contributed by atoms with E-state index in [4.69, 9.17) is 4.74 Å². The van der Waals surface area contributed by atoms with Gasteiger partial charge in [0, 0.05) is 23.6 Å². The summed E-state index contributed by atoms with van der Waals surface area (Å²) in [5, 5.41) is 9.70. The molecule has 0 radical (unpaired) electrons. The smallest absolute Gasteiger partial charge is 0.433 e. The van der Waals surface area contributed by atoms with E-state index in [1.807, 2.05) is 19.2 Å². The molecule has 1 aliphatic heterocycles. The largest absolute Gasteiger partial charge is 0.442 e. The first-order valence-electron chi connectivity index (χ1n) is 9.02. The number of alkyl carbamates (subject to hydrolysis) is 1. The first kappa shape index (κ1) is 19.7. The van der Waals surface area contributed by atoms with Gasteiger partial charge in [-0.05, 0) is 36.2 Å². The third-order valence-corrected chi connectivity index (χ3v) is 4.38. The minimum absolute atomic E-state index is 0.146. The maximum atomic E-state index is 12.9. The molecule has 0 aliphatic carbocycles. The van der Waals surface area contributed by atoms with Crippen LogP contribution in [0, 0.1) is 6.92 Å². The number of aromatic nitrogens is 4. The number of aryl methyl sites for hydroxylation is 1. The number of ether oxygens (including phenoxy) is 1. The van der Waals surface area contributed by atoms with Gasteiger partial charge in [-0.3, -0.25) is 4.68 Å². The van der Waals surface area contributed by atoms with E-state index >= 15 is 0 Å². The molecular formula is C19H17F3N6O2. The number of hydrogen-bond acceptors (Lipinski definition) is 6.